The Balaban J connectivity index is 1.76. The summed E-state index contributed by atoms with van der Waals surface area (Å²) in [5, 5.41) is 18.2. The summed E-state index contributed by atoms with van der Waals surface area (Å²) in [6.07, 6.45) is 3.52. The molecule has 3 aromatic rings. The van der Waals surface area contributed by atoms with Gasteiger partial charge in [-0.05, 0) is 30.2 Å². The average Bonchev–Trinajstić information content (AvgIpc) is 3.19. The van der Waals surface area contributed by atoms with Crippen molar-refractivity contribution in [2.45, 2.75) is 36.5 Å². The van der Waals surface area contributed by atoms with E-state index in [1.165, 1.54) is 0 Å². The number of nitriles is 1. The maximum absolute atomic E-state index is 9.86. The molecule has 0 unspecified atom stereocenters. The monoisotopic (exact) mass is 433 g/mol. The number of fused-ring (bicyclic) bond motifs is 1. The Labute approximate surface area is 185 Å². The van der Waals surface area contributed by atoms with E-state index in [2.05, 4.69) is 34.2 Å². The highest BCUT2D eigenvalue weighted by Gasteiger charge is 2.35. The van der Waals surface area contributed by atoms with E-state index < -0.39 is 0 Å². The summed E-state index contributed by atoms with van der Waals surface area (Å²) in [6, 6.07) is 14.1. The van der Waals surface area contributed by atoms with Gasteiger partial charge in [0, 0.05) is 28.8 Å². The Bertz CT molecular complexity index is 1150. The molecule has 1 aliphatic rings. The van der Waals surface area contributed by atoms with E-state index in [4.69, 9.17) is 15.2 Å². The van der Waals surface area contributed by atoms with Crippen molar-refractivity contribution in [1.29, 1.82) is 5.26 Å². The fourth-order valence-electron chi connectivity index (χ4n) is 3.76. The zero-order valence-electron chi connectivity index (χ0n) is 17.4. The van der Waals surface area contributed by atoms with Gasteiger partial charge in [-0.25, -0.2) is 4.98 Å². The highest BCUT2D eigenvalue weighted by molar-refractivity contribution is 7.98. The molecule has 0 radical (unpaired) electrons. The zero-order chi connectivity index (χ0) is 21.8. The molecule has 7 nitrogen and oxygen atoms in total. The quantitative estimate of drug-likeness (QED) is 0.535. The second-order valence-electron chi connectivity index (χ2n) is 7.12. The maximum Gasteiger partial charge on any atom is 0.244 e. The van der Waals surface area contributed by atoms with Gasteiger partial charge in [0.05, 0.1) is 18.1 Å². The lowest BCUT2D eigenvalue weighted by atomic mass is 9.83. The number of aryl methyl sites for hydroxylation is 1. The summed E-state index contributed by atoms with van der Waals surface area (Å²) < 4.78 is 11.2. The van der Waals surface area contributed by atoms with Crippen LogP contribution in [0.1, 0.15) is 41.6 Å². The van der Waals surface area contributed by atoms with Crippen molar-refractivity contribution in [1.82, 2.24) is 15.2 Å². The summed E-state index contributed by atoms with van der Waals surface area (Å²) in [5.74, 6) is 1.65. The first-order valence-corrected chi connectivity index (χ1v) is 11.0. The van der Waals surface area contributed by atoms with Gasteiger partial charge in [0.25, 0.3) is 0 Å². The Kier molecular flexibility index (Phi) is 6.14. The van der Waals surface area contributed by atoms with Gasteiger partial charge in [-0.15, -0.1) is 16.9 Å². The van der Waals surface area contributed by atoms with Crippen molar-refractivity contribution in [2.24, 2.45) is 5.73 Å². The second-order valence-corrected chi connectivity index (χ2v) is 8.12. The van der Waals surface area contributed by atoms with Gasteiger partial charge in [0.1, 0.15) is 17.4 Å². The zero-order valence-corrected chi connectivity index (χ0v) is 18.2. The number of ether oxygens (including phenoxy) is 2. The van der Waals surface area contributed by atoms with E-state index in [0.717, 1.165) is 46.0 Å². The third-order valence-corrected chi connectivity index (χ3v) is 6.16. The van der Waals surface area contributed by atoms with Gasteiger partial charge in [-0.3, -0.25) is 5.10 Å². The highest BCUT2D eigenvalue weighted by atomic mass is 32.2. The molecule has 3 N–H and O–H groups in total. The first-order valence-electron chi connectivity index (χ1n) is 10.0. The molecule has 3 heterocycles. The number of nitrogens with zero attached hydrogens (tertiary/aromatic N) is 3. The molecule has 158 valence electrons. The lowest BCUT2D eigenvalue weighted by Gasteiger charge is -2.25. The SMILES string of the molecule is CCCc1[nH]nc2c1[C@H](c1ccc(OC)c(CSc3ccccn3)c1)C(C#N)=C(N)O2. The molecule has 0 aliphatic carbocycles. The third kappa shape index (κ3) is 4.09. The molecule has 8 heteroatoms. The number of nitrogens with two attached hydrogens (primary N) is 1. The van der Waals surface area contributed by atoms with Gasteiger partial charge in [-0.1, -0.05) is 31.5 Å². The van der Waals surface area contributed by atoms with Crippen molar-refractivity contribution >= 4 is 11.8 Å². The molecule has 1 atom stereocenters. The van der Waals surface area contributed by atoms with Crippen molar-refractivity contribution in [3.63, 3.8) is 0 Å². The number of allylic oxidation sites excluding steroid dienone is 1. The smallest absolute Gasteiger partial charge is 0.244 e. The summed E-state index contributed by atoms with van der Waals surface area (Å²) >= 11 is 1.63. The molecule has 4 rings (SSSR count). The number of hydrogen-bond acceptors (Lipinski definition) is 7. The molecule has 0 bridgehead atoms. The third-order valence-electron chi connectivity index (χ3n) is 5.17. The molecule has 0 amide bonds. The number of pyridine rings is 1. The van der Waals surface area contributed by atoms with E-state index in [1.807, 2.05) is 30.3 Å². The van der Waals surface area contributed by atoms with Crippen molar-refractivity contribution in [3.8, 4) is 17.7 Å². The van der Waals surface area contributed by atoms with Crippen LogP contribution in [0.5, 0.6) is 11.6 Å². The van der Waals surface area contributed by atoms with Gasteiger partial charge in [0.15, 0.2) is 0 Å². The predicted molar refractivity (Wildman–Crippen MR) is 119 cm³/mol. The van der Waals surface area contributed by atoms with Crippen molar-refractivity contribution in [2.75, 3.05) is 7.11 Å². The van der Waals surface area contributed by atoms with Crippen LogP contribution in [0, 0.1) is 11.3 Å². The van der Waals surface area contributed by atoms with Crippen LogP contribution in [-0.2, 0) is 12.2 Å². The van der Waals surface area contributed by atoms with Gasteiger partial charge >= 0.3 is 0 Å². The van der Waals surface area contributed by atoms with Crippen LogP contribution in [0.4, 0.5) is 0 Å². The Hall–Kier alpha value is -3.44. The maximum atomic E-state index is 9.86. The van der Waals surface area contributed by atoms with Crippen LogP contribution < -0.4 is 15.2 Å². The van der Waals surface area contributed by atoms with Gasteiger partial charge in [0.2, 0.25) is 11.8 Å². The lowest BCUT2D eigenvalue weighted by Crippen LogP contribution is -2.21. The standard InChI is InChI=1S/C23H23N5O2S/c1-3-6-17-21-20(16(12-24)22(25)30-23(21)28-27-17)14-8-9-18(29-2)15(11-14)13-31-19-7-4-5-10-26-19/h4-5,7-11,20H,3,6,13,25H2,1-2H3,(H,27,28)/t20-/m1/s1. The van der Waals surface area contributed by atoms with E-state index in [9.17, 15) is 5.26 Å². The fourth-order valence-corrected chi connectivity index (χ4v) is 4.60. The van der Waals surface area contributed by atoms with Crippen molar-refractivity contribution in [3.05, 3.63) is 76.4 Å². The van der Waals surface area contributed by atoms with Crippen LogP contribution in [0.2, 0.25) is 0 Å². The van der Waals surface area contributed by atoms with Crippen LogP contribution in [0.15, 0.2) is 59.1 Å². The number of aromatic amines is 1. The van der Waals surface area contributed by atoms with E-state index >= 15 is 0 Å². The average molecular weight is 434 g/mol. The largest absolute Gasteiger partial charge is 0.496 e. The number of thioether (sulfide) groups is 1. The molecule has 2 aromatic heterocycles. The van der Waals surface area contributed by atoms with Crippen LogP contribution in [-0.4, -0.2) is 22.3 Å². The Morgan fingerprint density at radius 3 is 2.90 bits per heavy atom. The minimum Gasteiger partial charge on any atom is -0.496 e. The normalized spacial score (nSPS) is 15.2. The van der Waals surface area contributed by atoms with E-state index in [1.54, 1.807) is 25.1 Å². The molecule has 0 saturated carbocycles. The lowest BCUT2D eigenvalue weighted by molar-refractivity contribution is 0.378. The van der Waals surface area contributed by atoms with Crippen LogP contribution in [0.3, 0.4) is 0 Å². The van der Waals surface area contributed by atoms with Crippen LogP contribution >= 0.6 is 11.8 Å². The number of nitrogens with one attached hydrogen (secondary N) is 1. The summed E-state index contributed by atoms with van der Waals surface area (Å²) in [5.41, 5.74) is 10.3. The van der Waals surface area contributed by atoms with Gasteiger partial charge < -0.3 is 15.2 Å². The van der Waals surface area contributed by atoms with E-state index in [-0.39, 0.29) is 11.8 Å². The molecular formula is C23H23N5O2S. The minimum atomic E-state index is -0.349. The summed E-state index contributed by atoms with van der Waals surface area (Å²) in [6.45, 7) is 2.10. The van der Waals surface area contributed by atoms with Crippen LogP contribution in [0.25, 0.3) is 0 Å². The topological polar surface area (TPSA) is 110 Å². The second kappa shape index (κ2) is 9.14. The van der Waals surface area contributed by atoms with Gasteiger partial charge in [-0.2, -0.15) is 5.26 Å². The number of hydrogen-bond donors (Lipinski definition) is 2. The number of rotatable bonds is 7. The molecule has 0 spiro atoms. The molecular weight excluding hydrogens is 410 g/mol. The summed E-state index contributed by atoms with van der Waals surface area (Å²) in [7, 11) is 1.66. The minimum absolute atomic E-state index is 0.0924. The molecule has 1 aliphatic heterocycles. The Morgan fingerprint density at radius 1 is 1.32 bits per heavy atom. The first kappa shape index (κ1) is 20.8. The molecule has 31 heavy (non-hydrogen) atoms. The molecule has 1 aromatic carbocycles. The molecule has 0 saturated heterocycles. The Morgan fingerprint density at radius 2 is 2.19 bits per heavy atom. The van der Waals surface area contributed by atoms with Crippen molar-refractivity contribution < 1.29 is 9.47 Å². The summed E-state index contributed by atoms with van der Waals surface area (Å²) in [4.78, 5) is 4.38. The predicted octanol–water partition coefficient (Wildman–Crippen LogP) is 4.28. The number of aromatic nitrogens is 3. The highest BCUT2D eigenvalue weighted by Crippen LogP contribution is 2.44. The first-order chi connectivity index (χ1) is 15.2. The van der Waals surface area contributed by atoms with E-state index in [0.29, 0.717) is 17.2 Å². The fraction of sp³-hybridized carbons (Fsp3) is 0.261. The number of methoxy groups -OCH3 is 1. The number of benzene rings is 1. The molecule has 0 fully saturated rings. The number of H-pyrrole nitrogens is 1.